The number of sulfonamides is 1. The van der Waals surface area contributed by atoms with Gasteiger partial charge < -0.3 is 0 Å². The first-order valence-corrected chi connectivity index (χ1v) is 7.66. The van der Waals surface area contributed by atoms with Crippen LogP contribution in [0, 0.1) is 5.92 Å². The fourth-order valence-electron chi connectivity index (χ4n) is 1.44. The van der Waals surface area contributed by atoms with Crippen molar-refractivity contribution < 1.29 is 8.42 Å². The molecule has 0 aliphatic rings. The van der Waals surface area contributed by atoms with Crippen LogP contribution in [0.4, 0.5) is 0 Å². The van der Waals surface area contributed by atoms with Crippen LogP contribution in [0.2, 0.25) is 0 Å². The Balaban J connectivity index is 2.79. The summed E-state index contributed by atoms with van der Waals surface area (Å²) < 4.78 is 25.1. The molecule has 1 N–H and O–H groups in total. The highest BCUT2D eigenvalue weighted by Gasteiger charge is 2.17. The minimum atomic E-state index is -3.14. The summed E-state index contributed by atoms with van der Waals surface area (Å²) in [6.07, 6.45) is 2.03. The van der Waals surface area contributed by atoms with Crippen molar-refractivity contribution in [2.45, 2.75) is 26.3 Å². The third-order valence-corrected chi connectivity index (χ3v) is 3.65. The van der Waals surface area contributed by atoms with Crippen molar-refractivity contribution in [1.29, 1.82) is 0 Å². The second-order valence-corrected chi connectivity index (χ2v) is 6.85. The molecule has 0 saturated carbocycles. The van der Waals surface area contributed by atoms with Crippen molar-refractivity contribution >= 4 is 21.4 Å². The average molecular weight is 247 g/mol. The monoisotopic (exact) mass is 247 g/mol. The van der Waals surface area contributed by atoms with Gasteiger partial charge in [0, 0.05) is 4.88 Å². The zero-order valence-electron chi connectivity index (χ0n) is 9.23. The molecule has 15 heavy (non-hydrogen) atoms. The van der Waals surface area contributed by atoms with Crippen LogP contribution in [0.15, 0.2) is 17.5 Å². The van der Waals surface area contributed by atoms with Gasteiger partial charge in [0.25, 0.3) is 0 Å². The van der Waals surface area contributed by atoms with Crippen LogP contribution in [0.25, 0.3) is 0 Å². The lowest BCUT2D eigenvalue weighted by molar-refractivity contribution is 0.478. The average Bonchev–Trinajstić information content (AvgIpc) is 2.50. The molecule has 1 rings (SSSR count). The predicted octanol–water partition coefficient (Wildman–Crippen LogP) is 2.38. The van der Waals surface area contributed by atoms with Gasteiger partial charge in [-0.1, -0.05) is 19.9 Å². The van der Waals surface area contributed by atoms with Crippen LogP contribution < -0.4 is 4.72 Å². The molecule has 1 atom stereocenters. The Morgan fingerprint density at radius 2 is 2.13 bits per heavy atom. The standard InChI is InChI=1S/C10H17NO2S2/c1-8(2)7-9(11-15(3,12)13)10-5-4-6-14-10/h4-6,8-9,11H,7H2,1-3H3. The molecule has 0 aromatic carbocycles. The van der Waals surface area contributed by atoms with Crippen molar-refractivity contribution in [2.24, 2.45) is 5.92 Å². The molecule has 1 aromatic rings. The second kappa shape index (κ2) is 5.09. The molecular formula is C10H17NO2S2. The normalized spacial score (nSPS) is 14.4. The van der Waals surface area contributed by atoms with E-state index in [0.29, 0.717) is 5.92 Å². The van der Waals surface area contributed by atoms with E-state index in [0.717, 1.165) is 11.3 Å². The fourth-order valence-corrected chi connectivity index (χ4v) is 3.05. The smallest absolute Gasteiger partial charge is 0.209 e. The summed E-state index contributed by atoms with van der Waals surface area (Å²) in [6, 6.07) is 3.83. The van der Waals surface area contributed by atoms with Crippen LogP contribution in [0.1, 0.15) is 31.2 Å². The quantitative estimate of drug-likeness (QED) is 0.868. The Kier molecular flexibility index (Phi) is 4.31. The van der Waals surface area contributed by atoms with Crippen LogP contribution in [0.3, 0.4) is 0 Å². The van der Waals surface area contributed by atoms with E-state index in [2.05, 4.69) is 18.6 Å². The highest BCUT2D eigenvalue weighted by Crippen LogP contribution is 2.25. The number of rotatable bonds is 5. The molecule has 86 valence electrons. The summed E-state index contributed by atoms with van der Waals surface area (Å²) in [5, 5.41) is 1.96. The molecule has 3 nitrogen and oxygen atoms in total. The van der Waals surface area contributed by atoms with Crippen molar-refractivity contribution in [3.05, 3.63) is 22.4 Å². The number of nitrogens with one attached hydrogen (secondary N) is 1. The highest BCUT2D eigenvalue weighted by molar-refractivity contribution is 7.88. The largest absolute Gasteiger partial charge is 0.213 e. The molecule has 0 radical (unpaired) electrons. The van der Waals surface area contributed by atoms with Crippen molar-refractivity contribution in [2.75, 3.05) is 6.26 Å². The van der Waals surface area contributed by atoms with Gasteiger partial charge in [-0.2, -0.15) is 0 Å². The Bertz CT molecular complexity index is 382. The maximum atomic E-state index is 11.2. The summed E-state index contributed by atoms with van der Waals surface area (Å²) in [7, 11) is -3.14. The van der Waals surface area contributed by atoms with Gasteiger partial charge in [0.2, 0.25) is 10.0 Å². The van der Waals surface area contributed by atoms with Crippen LogP contribution in [-0.2, 0) is 10.0 Å². The van der Waals surface area contributed by atoms with Crippen LogP contribution >= 0.6 is 11.3 Å². The first-order chi connectivity index (χ1) is 6.88. The Hall–Kier alpha value is -0.390. The number of thiophene rings is 1. The molecular weight excluding hydrogens is 230 g/mol. The van der Waals surface area contributed by atoms with E-state index in [1.54, 1.807) is 11.3 Å². The zero-order valence-corrected chi connectivity index (χ0v) is 10.9. The van der Waals surface area contributed by atoms with Gasteiger partial charge in [-0.15, -0.1) is 11.3 Å². The lowest BCUT2D eigenvalue weighted by Gasteiger charge is -2.17. The third-order valence-electron chi connectivity index (χ3n) is 1.95. The van der Waals surface area contributed by atoms with Gasteiger partial charge >= 0.3 is 0 Å². The Labute approximate surface area is 95.6 Å². The fraction of sp³-hybridized carbons (Fsp3) is 0.600. The molecule has 5 heteroatoms. The Morgan fingerprint density at radius 3 is 2.53 bits per heavy atom. The van der Waals surface area contributed by atoms with Gasteiger partial charge in [-0.05, 0) is 23.8 Å². The molecule has 0 bridgehead atoms. The summed E-state index contributed by atoms with van der Waals surface area (Å²) in [5.74, 6) is 0.464. The number of hydrogen-bond acceptors (Lipinski definition) is 3. The maximum Gasteiger partial charge on any atom is 0.209 e. The molecule has 1 heterocycles. The maximum absolute atomic E-state index is 11.2. The lowest BCUT2D eigenvalue weighted by atomic mass is 10.0. The van der Waals surface area contributed by atoms with E-state index in [1.165, 1.54) is 6.26 Å². The summed E-state index contributed by atoms with van der Waals surface area (Å²) in [5.41, 5.74) is 0. The van der Waals surface area contributed by atoms with E-state index < -0.39 is 10.0 Å². The minimum absolute atomic E-state index is 0.0833. The van der Waals surface area contributed by atoms with Gasteiger partial charge in [-0.25, -0.2) is 13.1 Å². The van der Waals surface area contributed by atoms with Crippen molar-refractivity contribution in [3.8, 4) is 0 Å². The number of hydrogen-bond donors (Lipinski definition) is 1. The topological polar surface area (TPSA) is 46.2 Å². The molecule has 1 aromatic heterocycles. The molecule has 0 aliphatic heterocycles. The van der Waals surface area contributed by atoms with E-state index in [-0.39, 0.29) is 6.04 Å². The summed E-state index contributed by atoms with van der Waals surface area (Å²) >= 11 is 1.59. The first kappa shape index (κ1) is 12.7. The van der Waals surface area contributed by atoms with Crippen LogP contribution in [-0.4, -0.2) is 14.7 Å². The van der Waals surface area contributed by atoms with Gasteiger partial charge in [-0.3, -0.25) is 0 Å². The SMILES string of the molecule is CC(C)CC(NS(C)(=O)=O)c1cccs1. The van der Waals surface area contributed by atoms with Crippen molar-refractivity contribution in [1.82, 2.24) is 4.72 Å². The van der Waals surface area contributed by atoms with Gasteiger partial charge in [0.05, 0.1) is 12.3 Å². The second-order valence-electron chi connectivity index (χ2n) is 4.09. The van der Waals surface area contributed by atoms with E-state index in [9.17, 15) is 8.42 Å². The van der Waals surface area contributed by atoms with Gasteiger partial charge in [0.1, 0.15) is 0 Å². The summed E-state index contributed by atoms with van der Waals surface area (Å²) in [6.45, 7) is 4.18. The van der Waals surface area contributed by atoms with E-state index in [4.69, 9.17) is 0 Å². The molecule has 0 spiro atoms. The molecule has 0 aliphatic carbocycles. The van der Waals surface area contributed by atoms with E-state index >= 15 is 0 Å². The molecule has 0 saturated heterocycles. The molecule has 0 fully saturated rings. The minimum Gasteiger partial charge on any atom is -0.213 e. The van der Waals surface area contributed by atoms with Crippen molar-refractivity contribution in [3.63, 3.8) is 0 Å². The van der Waals surface area contributed by atoms with Gasteiger partial charge in [0.15, 0.2) is 0 Å². The highest BCUT2D eigenvalue weighted by atomic mass is 32.2. The van der Waals surface area contributed by atoms with E-state index in [1.807, 2.05) is 17.5 Å². The van der Waals surface area contributed by atoms with Crippen LogP contribution in [0.5, 0.6) is 0 Å². The molecule has 0 amide bonds. The zero-order chi connectivity index (χ0) is 11.5. The summed E-state index contributed by atoms with van der Waals surface area (Å²) in [4.78, 5) is 1.08. The first-order valence-electron chi connectivity index (χ1n) is 4.89. The third kappa shape index (κ3) is 4.77. The predicted molar refractivity (Wildman–Crippen MR) is 64.5 cm³/mol. The lowest BCUT2D eigenvalue weighted by Crippen LogP contribution is -2.27. The molecule has 1 unspecified atom stereocenters. The Morgan fingerprint density at radius 1 is 1.47 bits per heavy atom.